The van der Waals surface area contributed by atoms with Gasteiger partial charge in [-0.3, -0.25) is 4.79 Å². The summed E-state index contributed by atoms with van der Waals surface area (Å²) in [5, 5.41) is 13.1. The number of amides is 1. The Morgan fingerprint density at radius 1 is 1.29 bits per heavy atom. The maximum Gasteiger partial charge on any atom is 0.251 e. The quantitative estimate of drug-likeness (QED) is 0.878. The predicted molar refractivity (Wildman–Crippen MR) is 85.2 cm³/mol. The van der Waals surface area contributed by atoms with Crippen LogP contribution in [0.4, 0.5) is 0 Å². The second-order valence-electron chi connectivity index (χ2n) is 5.39. The maximum atomic E-state index is 12.4. The number of fused-ring (bicyclic) bond motifs is 1. The van der Waals surface area contributed by atoms with E-state index in [1.807, 2.05) is 37.3 Å². The van der Waals surface area contributed by atoms with Crippen LogP contribution in [-0.4, -0.2) is 17.1 Å². The molecule has 2 N–H and O–H groups in total. The zero-order chi connectivity index (χ0) is 15.0. The first-order valence-corrected chi connectivity index (χ1v) is 7.68. The van der Waals surface area contributed by atoms with E-state index >= 15 is 0 Å². The van der Waals surface area contributed by atoms with Gasteiger partial charge in [-0.05, 0) is 35.7 Å². The number of aliphatic hydroxyl groups excluding tert-OH is 1. The lowest BCUT2D eigenvalue weighted by atomic mass is 10.1. The summed E-state index contributed by atoms with van der Waals surface area (Å²) in [6.07, 6.45) is 0.0128. The highest BCUT2D eigenvalue weighted by Crippen LogP contribution is 2.31. The smallest absolute Gasteiger partial charge is 0.251 e. The molecule has 0 heterocycles. The molecule has 0 saturated carbocycles. The van der Waals surface area contributed by atoms with Crippen LogP contribution in [0.2, 0.25) is 0 Å². The van der Waals surface area contributed by atoms with E-state index in [4.69, 9.17) is 0 Å². The van der Waals surface area contributed by atoms with Crippen molar-refractivity contribution in [1.29, 1.82) is 0 Å². The standard InChI is InChI=1S/C17H16BrNO2/c1-10-6-7-12(8-14(10)18)17(21)19-16-13-5-3-2-4-11(13)9-15(16)20/h2-8,15-16,20H,9H2,1H3,(H,19,21)/t15-,16+/m1/s1. The minimum Gasteiger partial charge on any atom is -0.390 e. The molecular formula is C17H16BrNO2. The van der Waals surface area contributed by atoms with E-state index in [0.717, 1.165) is 21.2 Å². The molecule has 2 aromatic carbocycles. The first-order valence-electron chi connectivity index (χ1n) is 6.89. The molecule has 0 aliphatic heterocycles. The van der Waals surface area contributed by atoms with Crippen molar-refractivity contribution in [1.82, 2.24) is 5.32 Å². The zero-order valence-corrected chi connectivity index (χ0v) is 13.2. The average Bonchev–Trinajstić information content (AvgIpc) is 2.78. The second kappa shape index (κ2) is 5.62. The van der Waals surface area contributed by atoms with Crippen LogP contribution in [0.5, 0.6) is 0 Å². The minimum atomic E-state index is -0.569. The summed E-state index contributed by atoms with van der Waals surface area (Å²) < 4.78 is 0.905. The van der Waals surface area contributed by atoms with Crippen LogP contribution in [0.3, 0.4) is 0 Å². The number of hydrogen-bond donors (Lipinski definition) is 2. The van der Waals surface area contributed by atoms with Crippen molar-refractivity contribution in [2.24, 2.45) is 0 Å². The summed E-state index contributed by atoms with van der Waals surface area (Å²) in [5.74, 6) is -0.170. The highest BCUT2D eigenvalue weighted by molar-refractivity contribution is 9.10. The molecule has 2 atom stereocenters. The Balaban J connectivity index is 1.83. The summed E-state index contributed by atoms with van der Waals surface area (Å²) in [4.78, 5) is 12.4. The van der Waals surface area contributed by atoms with Crippen LogP contribution in [0.15, 0.2) is 46.9 Å². The number of carbonyl (C=O) groups excluding carboxylic acids is 1. The molecule has 3 rings (SSSR count). The first-order chi connectivity index (χ1) is 10.1. The molecule has 0 aromatic heterocycles. The number of carbonyl (C=O) groups is 1. The first kappa shape index (κ1) is 14.3. The van der Waals surface area contributed by atoms with E-state index in [1.165, 1.54) is 0 Å². The van der Waals surface area contributed by atoms with Crippen molar-refractivity contribution in [2.45, 2.75) is 25.5 Å². The van der Waals surface area contributed by atoms with Crippen LogP contribution < -0.4 is 5.32 Å². The van der Waals surface area contributed by atoms with Gasteiger partial charge in [-0.15, -0.1) is 0 Å². The van der Waals surface area contributed by atoms with Crippen molar-refractivity contribution in [3.8, 4) is 0 Å². The molecular weight excluding hydrogens is 330 g/mol. The van der Waals surface area contributed by atoms with Gasteiger partial charge in [0.1, 0.15) is 0 Å². The minimum absolute atomic E-state index is 0.170. The molecule has 1 aliphatic carbocycles. The summed E-state index contributed by atoms with van der Waals surface area (Å²) in [7, 11) is 0. The second-order valence-corrected chi connectivity index (χ2v) is 6.24. The van der Waals surface area contributed by atoms with E-state index in [-0.39, 0.29) is 11.9 Å². The van der Waals surface area contributed by atoms with E-state index in [2.05, 4.69) is 21.2 Å². The third-order valence-corrected chi connectivity index (χ3v) is 4.78. The van der Waals surface area contributed by atoms with E-state index < -0.39 is 6.10 Å². The lowest BCUT2D eigenvalue weighted by Gasteiger charge is -2.18. The molecule has 1 aliphatic rings. The summed E-state index contributed by atoms with van der Waals surface area (Å²) >= 11 is 3.44. The summed E-state index contributed by atoms with van der Waals surface area (Å²) in [5.41, 5.74) is 3.77. The largest absolute Gasteiger partial charge is 0.390 e. The number of aryl methyl sites for hydroxylation is 1. The molecule has 3 nitrogen and oxygen atoms in total. The van der Waals surface area contributed by atoms with Crippen LogP contribution >= 0.6 is 15.9 Å². The lowest BCUT2D eigenvalue weighted by Crippen LogP contribution is -2.33. The van der Waals surface area contributed by atoms with E-state index in [9.17, 15) is 9.90 Å². The topological polar surface area (TPSA) is 49.3 Å². The van der Waals surface area contributed by atoms with Crippen molar-refractivity contribution in [3.63, 3.8) is 0 Å². The third kappa shape index (κ3) is 2.74. The van der Waals surface area contributed by atoms with Crippen LogP contribution in [0.1, 0.15) is 33.1 Å². The Labute approximate surface area is 132 Å². The van der Waals surface area contributed by atoms with Gasteiger partial charge in [0, 0.05) is 16.5 Å². The highest BCUT2D eigenvalue weighted by atomic mass is 79.9. The fourth-order valence-corrected chi connectivity index (χ4v) is 3.09. The molecule has 108 valence electrons. The van der Waals surface area contributed by atoms with E-state index in [1.54, 1.807) is 12.1 Å². The van der Waals surface area contributed by atoms with Gasteiger partial charge < -0.3 is 10.4 Å². The SMILES string of the molecule is Cc1ccc(C(=O)N[C@H]2c3ccccc3C[C@H]2O)cc1Br. The van der Waals surface area contributed by atoms with E-state index in [0.29, 0.717) is 12.0 Å². The van der Waals surface area contributed by atoms with Crippen molar-refractivity contribution >= 4 is 21.8 Å². The van der Waals surface area contributed by atoms with Crippen molar-refractivity contribution < 1.29 is 9.90 Å². The summed E-state index contributed by atoms with van der Waals surface area (Å²) in [6, 6.07) is 13.0. The van der Waals surface area contributed by atoms with Gasteiger partial charge in [0.15, 0.2) is 0 Å². The Morgan fingerprint density at radius 3 is 2.81 bits per heavy atom. The highest BCUT2D eigenvalue weighted by Gasteiger charge is 2.32. The Bertz CT molecular complexity index is 699. The average molecular weight is 346 g/mol. The predicted octanol–water partition coefficient (Wildman–Crippen LogP) is 3.15. The lowest BCUT2D eigenvalue weighted by molar-refractivity contribution is 0.0858. The van der Waals surface area contributed by atoms with Gasteiger partial charge in [0.05, 0.1) is 12.1 Å². The monoisotopic (exact) mass is 345 g/mol. The number of hydrogen-bond acceptors (Lipinski definition) is 2. The van der Waals surface area contributed by atoms with Gasteiger partial charge in [-0.1, -0.05) is 46.3 Å². The van der Waals surface area contributed by atoms with Gasteiger partial charge >= 0.3 is 0 Å². The molecule has 0 unspecified atom stereocenters. The van der Waals surface area contributed by atoms with Crippen molar-refractivity contribution in [3.05, 3.63) is 69.2 Å². The van der Waals surface area contributed by atoms with Gasteiger partial charge in [-0.2, -0.15) is 0 Å². The molecule has 0 bridgehead atoms. The van der Waals surface area contributed by atoms with Gasteiger partial charge in [0.2, 0.25) is 0 Å². The third-order valence-electron chi connectivity index (χ3n) is 3.92. The Hall–Kier alpha value is -1.65. The molecule has 0 radical (unpaired) electrons. The molecule has 1 amide bonds. The summed E-state index contributed by atoms with van der Waals surface area (Å²) in [6.45, 7) is 1.97. The normalized spacial score (nSPS) is 20.1. The van der Waals surface area contributed by atoms with Crippen LogP contribution in [0.25, 0.3) is 0 Å². The fraction of sp³-hybridized carbons (Fsp3) is 0.235. The maximum absolute atomic E-state index is 12.4. The molecule has 2 aromatic rings. The van der Waals surface area contributed by atoms with Gasteiger partial charge in [-0.25, -0.2) is 0 Å². The molecule has 0 fully saturated rings. The number of rotatable bonds is 2. The molecule has 4 heteroatoms. The van der Waals surface area contributed by atoms with Gasteiger partial charge in [0.25, 0.3) is 5.91 Å². The zero-order valence-electron chi connectivity index (χ0n) is 11.6. The number of benzene rings is 2. The number of aliphatic hydroxyl groups is 1. The Kier molecular flexibility index (Phi) is 3.83. The number of halogens is 1. The van der Waals surface area contributed by atoms with Crippen LogP contribution in [-0.2, 0) is 6.42 Å². The molecule has 0 spiro atoms. The van der Waals surface area contributed by atoms with Crippen LogP contribution in [0, 0.1) is 6.92 Å². The fourth-order valence-electron chi connectivity index (χ4n) is 2.71. The van der Waals surface area contributed by atoms with Crippen molar-refractivity contribution in [2.75, 3.05) is 0 Å². The molecule has 21 heavy (non-hydrogen) atoms. The Morgan fingerprint density at radius 2 is 2.05 bits per heavy atom. The molecule has 0 saturated heterocycles. The number of nitrogens with one attached hydrogen (secondary N) is 1.